The number of benzene rings is 1. The molecule has 3 nitrogen and oxygen atoms in total. The summed E-state index contributed by atoms with van der Waals surface area (Å²) in [5.41, 5.74) is 1.93. The number of aryl methyl sites for hydroxylation is 1. The molecule has 2 aromatic rings. The van der Waals surface area contributed by atoms with Gasteiger partial charge in [-0.1, -0.05) is 11.6 Å². The zero-order valence-electron chi connectivity index (χ0n) is 9.88. The van der Waals surface area contributed by atoms with E-state index in [0.717, 1.165) is 21.9 Å². The van der Waals surface area contributed by atoms with Gasteiger partial charge in [0.25, 0.3) is 0 Å². The van der Waals surface area contributed by atoms with E-state index in [-0.39, 0.29) is 0 Å². The Morgan fingerprint density at radius 2 is 2.29 bits per heavy atom. The predicted octanol–water partition coefficient (Wildman–Crippen LogP) is 3.08. The van der Waals surface area contributed by atoms with E-state index in [2.05, 4.69) is 4.98 Å². The summed E-state index contributed by atoms with van der Waals surface area (Å²) in [6.07, 6.45) is 1.23. The van der Waals surface area contributed by atoms with E-state index < -0.39 is 6.10 Å². The molecule has 1 atom stereocenters. The van der Waals surface area contributed by atoms with Gasteiger partial charge < -0.3 is 9.84 Å². The Balaban J connectivity index is 2.14. The Kier molecular flexibility index (Phi) is 3.76. The minimum absolute atomic E-state index is 0.445. The molecule has 2 rings (SSSR count). The number of aliphatic hydroxyl groups is 1. The van der Waals surface area contributed by atoms with Crippen LogP contribution in [0.4, 0.5) is 0 Å². The van der Waals surface area contributed by atoms with Crippen LogP contribution in [0.15, 0.2) is 29.8 Å². The van der Waals surface area contributed by atoms with Gasteiger partial charge in [0.15, 0.2) is 0 Å². The zero-order chi connectivity index (χ0) is 12.3. The van der Waals surface area contributed by atoms with Crippen molar-refractivity contribution in [3.05, 3.63) is 45.9 Å². The Morgan fingerprint density at radius 3 is 2.94 bits per heavy atom. The van der Waals surface area contributed by atoms with E-state index in [4.69, 9.17) is 4.74 Å². The number of aliphatic hydroxyl groups excluding tert-OH is 1. The van der Waals surface area contributed by atoms with Crippen LogP contribution in [0.25, 0.3) is 0 Å². The molecule has 0 fully saturated rings. The fourth-order valence-corrected chi connectivity index (χ4v) is 2.12. The van der Waals surface area contributed by atoms with Gasteiger partial charge in [-0.25, -0.2) is 4.98 Å². The van der Waals surface area contributed by atoms with E-state index in [0.29, 0.717) is 6.61 Å². The molecule has 4 heteroatoms. The summed E-state index contributed by atoms with van der Waals surface area (Å²) in [5.74, 6) is 0.723. The van der Waals surface area contributed by atoms with Gasteiger partial charge in [0.05, 0.1) is 6.10 Å². The number of hydrogen-bond donors (Lipinski definition) is 1. The number of aromatic nitrogens is 1. The fourth-order valence-electron chi connectivity index (χ4n) is 1.59. The van der Waals surface area contributed by atoms with Crippen LogP contribution in [-0.4, -0.2) is 10.1 Å². The van der Waals surface area contributed by atoms with Crippen molar-refractivity contribution >= 4 is 11.3 Å². The molecule has 1 aromatic carbocycles. The number of thiazole rings is 1. The highest BCUT2D eigenvalue weighted by molar-refractivity contribution is 7.09. The van der Waals surface area contributed by atoms with Crippen molar-refractivity contribution < 1.29 is 9.84 Å². The van der Waals surface area contributed by atoms with E-state index in [1.54, 1.807) is 24.5 Å². The summed E-state index contributed by atoms with van der Waals surface area (Å²) in [6.45, 7) is 4.18. The molecule has 1 N–H and O–H groups in total. The fraction of sp³-hybridized carbons (Fsp3) is 0.308. The molecule has 0 amide bonds. The van der Waals surface area contributed by atoms with Gasteiger partial charge in [0.2, 0.25) is 0 Å². The minimum atomic E-state index is -0.527. The standard InChI is InChI=1S/C13H15NO2S/c1-9-3-4-12(11(7-9)10(2)15)16-8-13-14-5-6-17-13/h3-7,10,15H,8H2,1-2H3. The smallest absolute Gasteiger partial charge is 0.140 e. The molecule has 90 valence electrons. The lowest BCUT2D eigenvalue weighted by Gasteiger charge is -2.13. The highest BCUT2D eigenvalue weighted by atomic mass is 32.1. The van der Waals surface area contributed by atoms with Crippen molar-refractivity contribution in [2.45, 2.75) is 26.6 Å². The van der Waals surface area contributed by atoms with Gasteiger partial charge in [-0.3, -0.25) is 0 Å². The molecule has 1 heterocycles. The molecule has 0 aliphatic rings. The van der Waals surface area contributed by atoms with Crippen molar-refractivity contribution in [2.75, 3.05) is 0 Å². The molecule has 0 saturated carbocycles. The van der Waals surface area contributed by atoms with E-state index in [1.165, 1.54) is 0 Å². The first-order chi connectivity index (χ1) is 8.16. The maximum atomic E-state index is 9.69. The SMILES string of the molecule is Cc1ccc(OCc2nccs2)c(C(C)O)c1. The van der Waals surface area contributed by atoms with Crippen LogP contribution < -0.4 is 4.74 Å². The number of rotatable bonds is 4. The third-order valence-electron chi connectivity index (χ3n) is 2.45. The summed E-state index contributed by atoms with van der Waals surface area (Å²) in [7, 11) is 0. The third kappa shape index (κ3) is 3.05. The lowest BCUT2D eigenvalue weighted by molar-refractivity contribution is 0.190. The molecule has 0 saturated heterocycles. The Bertz CT molecular complexity index is 480. The zero-order valence-corrected chi connectivity index (χ0v) is 10.7. The van der Waals surface area contributed by atoms with Gasteiger partial charge in [0.1, 0.15) is 17.4 Å². The summed E-state index contributed by atoms with van der Waals surface area (Å²) in [4.78, 5) is 4.15. The van der Waals surface area contributed by atoms with Gasteiger partial charge >= 0.3 is 0 Å². The predicted molar refractivity (Wildman–Crippen MR) is 68.3 cm³/mol. The molecule has 1 aromatic heterocycles. The van der Waals surface area contributed by atoms with Crippen LogP contribution in [0.3, 0.4) is 0 Å². The Hall–Kier alpha value is -1.39. The largest absolute Gasteiger partial charge is 0.486 e. The monoisotopic (exact) mass is 249 g/mol. The first-order valence-corrected chi connectivity index (χ1v) is 6.34. The summed E-state index contributed by atoms with van der Waals surface area (Å²) in [5, 5.41) is 12.5. The summed E-state index contributed by atoms with van der Waals surface area (Å²) >= 11 is 1.56. The molecule has 1 unspecified atom stereocenters. The number of nitrogens with zero attached hydrogens (tertiary/aromatic N) is 1. The first kappa shape index (κ1) is 12.1. The average Bonchev–Trinajstić information content (AvgIpc) is 2.80. The minimum Gasteiger partial charge on any atom is -0.486 e. The normalized spacial score (nSPS) is 12.4. The van der Waals surface area contributed by atoms with Gasteiger partial charge in [0, 0.05) is 17.1 Å². The van der Waals surface area contributed by atoms with Crippen LogP contribution in [-0.2, 0) is 6.61 Å². The molecule has 0 aliphatic carbocycles. The molecule has 0 spiro atoms. The second-order valence-electron chi connectivity index (χ2n) is 3.93. The molecule has 17 heavy (non-hydrogen) atoms. The van der Waals surface area contributed by atoms with Crippen molar-refractivity contribution in [3.63, 3.8) is 0 Å². The average molecular weight is 249 g/mol. The third-order valence-corrected chi connectivity index (χ3v) is 3.20. The van der Waals surface area contributed by atoms with Crippen molar-refractivity contribution in [1.82, 2.24) is 4.98 Å². The Labute approximate surface area is 105 Å². The first-order valence-electron chi connectivity index (χ1n) is 5.46. The quantitative estimate of drug-likeness (QED) is 0.905. The number of hydrogen-bond acceptors (Lipinski definition) is 4. The van der Waals surface area contributed by atoms with Crippen LogP contribution in [0.5, 0.6) is 5.75 Å². The van der Waals surface area contributed by atoms with Crippen molar-refractivity contribution in [1.29, 1.82) is 0 Å². The van der Waals surface area contributed by atoms with Crippen LogP contribution in [0.2, 0.25) is 0 Å². The van der Waals surface area contributed by atoms with Crippen molar-refractivity contribution in [3.8, 4) is 5.75 Å². The summed E-state index contributed by atoms with van der Waals surface area (Å²) < 4.78 is 5.69. The van der Waals surface area contributed by atoms with E-state index >= 15 is 0 Å². The maximum Gasteiger partial charge on any atom is 0.140 e. The van der Waals surface area contributed by atoms with Crippen LogP contribution in [0, 0.1) is 6.92 Å². The lowest BCUT2D eigenvalue weighted by Crippen LogP contribution is -2.01. The molecule has 0 radical (unpaired) electrons. The van der Waals surface area contributed by atoms with Crippen molar-refractivity contribution in [2.24, 2.45) is 0 Å². The highest BCUT2D eigenvalue weighted by Gasteiger charge is 2.10. The second kappa shape index (κ2) is 5.29. The van der Waals surface area contributed by atoms with E-state index in [9.17, 15) is 5.11 Å². The second-order valence-corrected chi connectivity index (χ2v) is 4.91. The number of ether oxygens (including phenoxy) is 1. The van der Waals surface area contributed by atoms with Crippen LogP contribution in [0.1, 0.15) is 29.2 Å². The maximum absolute atomic E-state index is 9.69. The molecular weight excluding hydrogens is 234 g/mol. The van der Waals surface area contributed by atoms with Gasteiger partial charge in [-0.2, -0.15) is 0 Å². The molecular formula is C13H15NO2S. The van der Waals surface area contributed by atoms with Gasteiger partial charge in [-0.05, 0) is 26.0 Å². The summed E-state index contributed by atoms with van der Waals surface area (Å²) in [6, 6.07) is 5.82. The molecule has 0 bridgehead atoms. The lowest BCUT2D eigenvalue weighted by atomic mass is 10.1. The topological polar surface area (TPSA) is 42.4 Å². The van der Waals surface area contributed by atoms with E-state index in [1.807, 2.05) is 30.5 Å². The van der Waals surface area contributed by atoms with Crippen LogP contribution >= 0.6 is 11.3 Å². The van der Waals surface area contributed by atoms with Gasteiger partial charge in [-0.15, -0.1) is 11.3 Å². The Morgan fingerprint density at radius 1 is 1.47 bits per heavy atom. The molecule has 0 aliphatic heterocycles. The highest BCUT2D eigenvalue weighted by Crippen LogP contribution is 2.27.